The summed E-state index contributed by atoms with van der Waals surface area (Å²) in [5.41, 5.74) is -0.583. The largest absolute Gasteiger partial charge is 0.481 e. The molecule has 1 heterocycles. The Bertz CT molecular complexity index is 311. The zero-order valence-electron chi connectivity index (χ0n) is 10.1. The van der Waals surface area contributed by atoms with Crippen LogP contribution in [0.2, 0.25) is 0 Å². The van der Waals surface area contributed by atoms with Crippen molar-refractivity contribution < 1.29 is 9.90 Å². The monoisotopic (exact) mass is 212 g/mol. The highest BCUT2D eigenvalue weighted by molar-refractivity contribution is 5.72. The van der Waals surface area contributed by atoms with Crippen LogP contribution in [0.5, 0.6) is 0 Å². The number of nitrogens with zero attached hydrogens (tertiary/aromatic N) is 2. The Kier molecular flexibility index (Phi) is 5.05. The van der Waals surface area contributed by atoms with Gasteiger partial charge >= 0.3 is 5.97 Å². The maximum Gasteiger partial charge on any atom is 0.308 e. The fraction of sp³-hybridized carbons (Fsp3) is 0.636. The Morgan fingerprint density at radius 1 is 1.53 bits per heavy atom. The van der Waals surface area contributed by atoms with Crippen molar-refractivity contribution in [1.29, 1.82) is 0 Å². The Morgan fingerprint density at radius 3 is 2.13 bits per heavy atom. The Morgan fingerprint density at radius 2 is 2.00 bits per heavy atom. The molecular formula is C11H20N2O2. The number of hydrogen-bond acceptors (Lipinski definition) is 2. The van der Waals surface area contributed by atoms with Crippen LogP contribution in [0.15, 0.2) is 12.4 Å². The third-order valence-electron chi connectivity index (χ3n) is 1.91. The highest BCUT2D eigenvalue weighted by atomic mass is 16.4. The van der Waals surface area contributed by atoms with Gasteiger partial charge in [0.2, 0.25) is 0 Å². The molecule has 0 spiro atoms. The minimum atomic E-state index is -0.757. The fourth-order valence-corrected chi connectivity index (χ4v) is 0.738. The predicted molar refractivity (Wildman–Crippen MR) is 59.7 cm³/mol. The zero-order valence-corrected chi connectivity index (χ0v) is 10.1. The highest BCUT2D eigenvalue weighted by Gasteiger charge is 2.18. The summed E-state index contributed by atoms with van der Waals surface area (Å²) in [5, 5.41) is 8.25. The number of imidazole rings is 1. The van der Waals surface area contributed by atoms with Crippen molar-refractivity contribution in [3.63, 3.8) is 0 Å². The first kappa shape index (κ1) is 13.7. The number of carbonyl (C=O) groups is 1. The lowest BCUT2D eigenvalue weighted by Gasteiger charge is -2.08. The van der Waals surface area contributed by atoms with Gasteiger partial charge in [0.25, 0.3) is 0 Å². The molecule has 1 rings (SSSR count). The maximum atomic E-state index is 10.0. The topological polar surface area (TPSA) is 55.1 Å². The van der Waals surface area contributed by atoms with Gasteiger partial charge in [-0.15, -0.1) is 0 Å². The van der Waals surface area contributed by atoms with E-state index in [2.05, 4.69) is 16.5 Å². The summed E-state index contributed by atoms with van der Waals surface area (Å²) in [6.07, 6.45) is 3.80. The second kappa shape index (κ2) is 5.53. The van der Waals surface area contributed by atoms with Crippen molar-refractivity contribution in [3.05, 3.63) is 18.2 Å². The molecule has 0 atom stereocenters. The van der Waals surface area contributed by atoms with Gasteiger partial charge in [0.15, 0.2) is 0 Å². The van der Waals surface area contributed by atoms with Crippen LogP contribution in [-0.4, -0.2) is 20.6 Å². The lowest BCUT2D eigenvalue weighted by Crippen LogP contribution is -2.18. The quantitative estimate of drug-likeness (QED) is 0.777. The second-order valence-corrected chi connectivity index (χ2v) is 4.32. The van der Waals surface area contributed by atoms with Crippen LogP contribution in [-0.2, 0) is 11.3 Å². The first-order chi connectivity index (χ1) is 6.79. The molecule has 1 aromatic heterocycles. The number of carboxylic acids is 1. The molecule has 0 bridgehead atoms. The number of hydrogen-bond donors (Lipinski definition) is 1. The van der Waals surface area contributed by atoms with Gasteiger partial charge < -0.3 is 9.67 Å². The number of aliphatic carboxylic acids is 1. The van der Waals surface area contributed by atoms with Gasteiger partial charge in [-0.1, -0.05) is 0 Å². The summed E-state index contributed by atoms with van der Waals surface area (Å²) in [4.78, 5) is 14.1. The van der Waals surface area contributed by atoms with Crippen LogP contribution in [0.3, 0.4) is 0 Å². The summed E-state index contributed by atoms with van der Waals surface area (Å²) in [6.45, 7) is 10.1. The molecule has 4 nitrogen and oxygen atoms in total. The lowest BCUT2D eigenvalue weighted by atomic mass is 9.98. The Hall–Kier alpha value is -1.32. The van der Waals surface area contributed by atoms with E-state index in [4.69, 9.17) is 5.11 Å². The third kappa shape index (κ3) is 5.20. The van der Waals surface area contributed by atoms with Crippen molar-refractivity contribution in [2.24, 2.45) is 5.41 Å². The van der Waals surface area contributed by atoms with E-state index in [0.717, 1.165) is 12.4 Å². The number of aryl methyl sites for hydroxylation is 2. The first-order valence-electron chi connectivity index (χ1n) is 5.00. The molecule has 1 aromatic rings. The number of rotatable bonds is 1. The summed E-state index contributed by atoms with van der Waals surface area (Å²) >= 11 is 0. The summed E-state index contributed by atoms with van der Waals surface area (Å²) in [5.74, 6) is 0.333. The molecule has 0 amide bonds. The van der Waals surface area contributed by atoms with Crippen molar-refractivity contribution in [2.45, 2.75) is 41.2 Å². The van der Waals surface area contributed by atoms with Crippen molar-refractivity contribution in [1.82, 2.24) is 9.55 Å². The lowest BCUT2D eigenvalue weighted by molar-refractivity contribution is -0.145. The van der Waals surface area contributed by atoms with E-state index in [0.29, 0.717) is 0 Å². The van der Waals surface area contributed by atoms with E-state index in [1.807, 2.05) is 19.3 Å². The molecule has 0 radical (unpaired) electrons. The van der Waals surface area contributed by atoms with Crippen molar-refractivity contribution in [2.75, 3.05) is 0 Å². The van der Waals surface area contributed by atoms with Gasteiger partial charge in [0.05, 0.1) is 5.41 Å². The molecule has 0 aliphatic heterocycles. The zero-order chi connectivity index (χ0) is 12.1. The summed E-state index contributed by atoms with van der Waals surface area (Å²) in [6, 6.07) is 0. The molecule has 0 aliphatic rings. The SMILES string of the molecule is CC(C)(C)C(=O)O.CCn1ccnc1C. The molecule has 86 valence electrons. The molecular weight excluding hydrogens is 192 g/mol. The number of carboxylic acid groups (broad SMARTS) is 1. The van der Waals surface area contributed by atoms with E-state index < -0.39 is 11.4 Å². The molecule has 0 saturated heterocycles. The summed E-state index contributed by atoms with van der Waals surface area (Å²) < 4.78 is 2.10. The van der Waals surface area contributed by atoms with E-state index in [9.17, 15) is 4.79 Å². The molecule has 0 aliphatic carbocycles. The normalized spacial score (nSPS) is 10.5. The fourth-order valence-electron chi connectivity index (χ4n) is 0.738. The first-order valence-corrected chi connectivity index (χ1v) is 5.00. The number of aromatic nitrogens is 2. The van der Waals surface area contributed by atoms with E-state index in [-0.39, 0.29) is 0 Å². The van der Waals surface area contributed by atoms with Crippen molar-refractivity contribution in [3.8, 4) is 0 Å². The molecule has 0 unspecified atom stereocenters. The van der Waals surface area contributed by atoms with Gasteiger partial charge in [0, 0.05) is 18.9 Å². The molecule has 4 heteroatoms. The third-order valence-corrected chi connectivity index (χ3v) is 1.91. The van der Waals surface area contributed by atoms with Crippen LogP contribution in [0.1, 0.15) is 33.5 Å². The van der Waals surface area contributed by atoms with Crippen LogP contribution in [0, 0.1) is 12.3 Å². The van der Waals surface area contributed by atoms with E-state index in [1.165, 1.54) is 0 Å². The van der Waals surface area contributed by atoms with Crippen LogP contribution < -0.4 is 0 Å². The summed E-state index contributed by atoms with van der Waals surface area (Å²) in [7, 11) is 0. The molecule has 0 fully saturated rings. The van der Waals surface area contributed by atoms with Gasteiger partial charge in [-0.2, -0.15) is 0 Å². The second-order valence-electron chi connectivity index (χ2n) is 4.32. The minimum absolute atomic E-state index is 0.583. The van der Waals surface area contributed by atoms with Gasteiger partial charge in [-0.3, -0.25) is 4.79 Å². The van der Waals surface area contributed by atoms with Crippen LogP contribution in [0.25, 0.3) is 0 Å². The van der Waals surface area contributed by atoms with Gasteiger partial charge in [0.1, 0.15) is 5.82 Å². The highest BCUT2D eigenvalue weighted by Crippen LogP contribution is 2.11. The van der Waals surface area contributed by atoms with E-state index >= 15 is 0 Å². The standard InChI is InChI=1S/C6H10N2.C5H10O2/c1-3-8-5-4-7-6(8)2;1-5(2,3)4(6)7/h4-5H,3H2,1-2H3;1-3H3,(H,6,7). The Balaban J connectivity index is 0.000000265. The molecule has 0 saturated carbocycles. The van der Waals surface area contributed by atoms with Crippen LogP contribution in [0.4, 0.5) is 0 Å². The molecule has 0 aromatic carbocycles. The minimum Gasteiger partial charge on any atom is -0.481 e. The van der Waals surface area contributed by atoms with Gasteiger partial charge in [-0.25, -0.2) is 4.98 Å². The average molecular weight is 212 g/mol. The van der Waals surface area contributed by atoms with Crippen LogP contribution >= 0.6 is 0 Å². The van der Waals surface area contributed by atoms with E-state index in [1.54, 1.807) is 20.8 Å². The maximum absolute atomic E-state index is 10.0. The molecule has 15 heavy (non-hydrogen) atoms. The Labute approximate surface area is 91.0 Å². The predicted octanol–water partition coefficient (Wildman–Crippen LogP) is 2.33. The average Bonchev–Trinajstić information content (AvgIpc) is 2.50. The van der Waals surface area contributed by atoms with Crippen molar-refractivity contribution >= 4 is 5.97 Å². The molecule has 1 N–H and O–H groups in total. The smallest absolute Gasteiger partial charge is 0.308 e. The van der Waals surface area contributed by atoms with Gasteiger partial charge in [-0.05, 0) is 34.6 Å².